The molecule has 0 bridgehead atoms. The van der Waals surface area contributed by atoms with Crippen molar-refractivity contribution in [3.8, 4) is 0 Å². The number of urea groups is 1. The van der Waals surface area contributed by atoms with E-state index in [1.807, 2.05) is 6.92 Å². The first-order valence-electron chi connectivity index (χ1n) is 6.87. The van der Waals surface area contributed by atoms with Crippen molar-refractivity contribution >= 4 is 17.8 Å². The first-order chi connectivity index (χ1) is 9.12. The summed E-state index contributed by atoms with van der Waals surface area (Å²) in [6.45, 7) is 2.89. The second-order valence-corrected chi connectivity index (χ2v) is 5.06. The lowest BCUT2D eigenvalue weighted by atomic mass is 9.71. The predicted molar refractivity (Wildman–Crippen MR) is 67.3 cm³/mol. The van der Waals surface area contributed by atoms with Crippen LogP contribution in [0.2, 0.25) is 0 Å². The lowest BCUT2D eigenvalue weighted by molar-refractivity contribution is -0.154. The molecule has 106 valence electrons. The SMILES string of the molecule is CCOCCN1C(=O)NC(=O)C2(CCCCC2)C1=O. The van der Waals surface area contributed by atoms with Crippen LogP contribution < -0.4 is 5.32 Å². The molecule has 19 heavy (non-hydrogen) atoms. The van der Waals surface area contributed by atoms with Crippen LogP contribution in [0.25, 0.3) is 0 Å². The third-order valence-corrected chi connectivity index (χ3v) is 3.93. The van der Waals surface area contributed by atoms with Gasteiger partial charge in [-0.05, 0) is 19.8 Å². The van der Waals surface area contributed by atoms with E-state index < -0.39 is 17.4 Å². The quantitative estimate of drug-likeness (QED) is 0.611. The molecule has 0 aromatic heterocycles. The molecule has 1 aliphatic carbocycles. The Bertz CT molecular complexity index is 388. The van der Waals surface area contributed by atoms with E-state index in [0.717, 1.165) is 24.2 Å². The van der Waals surface area contributed by atoms with E-state index in [1.54, 1.807) is 0 Å². The minimum Gasteiger partial charge on any atom is -0.380 e. The topological polar surface area (TPSA) is 75.7 Å². The fraction of sp³-hybridized carbons (Fsp3) is 0.769. The largest absolute Gasteiger partial charge is 0.380 e. The van der Waals surface area contributed by atoms with Crippen LogP contribution in [0.3, 0.4) is 0 Å². The van der Waals surface area contributed by atoms with Crippen molar-refractivity contribution in [2.45, 2.75) is 39.0 Å². The van der Waals surface area contributed by atoms with Crippen molar-refractivity contribution in [1.82, 2.24) is 10.2 Å². The lowest BCUT2D eigenvalue weighted by Crippen LogP contribution is -2.64. The Morgan fingerprint density at radius 3 is 2.53 bits per heavy atom. The molecule has 6 heteroatoms. The molecule has 1 N–H and O–H groups in total. The Hall–Kier alpha value is -1.43. The van der Waals surface area contributed by atoms with Crippen molar-refractivity contribution in [2.24, 2.45) is 5.41 Å². The maximum Gasteiger partial charge on any atom is 0.330 e. The van der Waals surface area contributed by atoms with E-state index in [0.29, 0.717) is 26.1 Å². The van der Waals surface area contributed by atoms with Crippen LogP contribution in [-0.2, 0) is 14.3 Å². The molecule has 2 rings (SSSR count). The zero-order valence-corrected chi connectivity index (χ0v) is 11.2. The minimum atomic E-state index is -1.02. The standard InChI is InChI=1S/C13H20N2O4/c1-2-19-9-8-15-11(17)13(6-4-3-5-7-13)10(16)14-12(15)18/h2-9H2,1H3,(H,14,16,18). The first kappa shape index (κ1) is 14.0. The third-order valence-electron chi connectivity index (χ3n) is 3.93. The van der Waals surface area contributed by atoms with Crippen LogP contribution in [0.1, 0.15) is 39.0 Å². The summed E-state index contributed by atoms with van der Waals surface area (Å²) in [5.74, 6) is -0.768. The summed E-state index contributed by atoms with van der Waals surface area (Å²) in [5, 5.41) is 2.32. The molecule has 1 saturated carbocycles. The Kier molecular flexibility index (Phi) is 4.19. The number of barbiturate groups is 1. The molecule has 4 amide bonds. The molecule has 0 aromatic carbocycles. The number of nitrogens with one attached hydrogen (secondary N) is 1. The van der Waals surface area contributed by atoms with Crippen molar-refractivity contribution in [2.75, 3.05) is 19.8 Å². The van der Waals surface area contributed by atoms with Gasteiger partial charge in [0.05, 0.1) is 13.2 Å². The zero-order valence-electron chi connectivity index (χ0n) is 11.2. The molecule has 1 spiro atoms. The van der Waals surface area contributed by atoms with E-state index in [2.05, 4.69) is 5.32 Å². The monoisotopic (exact) mass is 268 g/mol. The van der Waals surface area contributed by atoms with Gasteiger partial charge >= 0.3 is 6.03 Å². The molecule has 1 aliphatic heterocycles. The fourth-order valence-electron chi connectivity index (χ4n) is 2.83. The highest BCUT2D eigenvalue weighted by Gasteiger charge is 2.53. The molecule has 0 radical (unpaired) electrons. The molecular weight excluding hydrogens is 248 g/mol. The van der Waals surface area contributed by atoms with Gasteiger partial charge in [0.1, 0.15) is 5.41 Å². The number of carbonyl (C=O) groups is 3. The maximum atomic E-state index is 12.5. The van der Waals surface area contributed by atoms with Crippen molar-refractivity contribution in [3.63, 3.8) is 0 Å². The van der Waals surface area contributed by atoms with Gasteiger partial charge in [-0.15, -0.1) is 0 Å². The minimum absolute atomic E-state index is 0.202. The Balaban J connectivity index is 2.14. The second-order valence-electron chi connectivity index (χ2n) is 5.06. The van der Waals surface area contributed by atoms with Gasteiger partial charge in [-0.2, -0.15) is 0 Å². The van der Waals surface area contributed by atoms with Gasteiger partial charge in [-0.3, -0.25) is 19.8 Å². The molecule has 0 atom stereocenters. The number of hydrogen-bond donors (Lipinski definition) is 1. The van der Waals surface area contributed by atoms with Crippen LogP contribution in [0.4, 0.5) is 4.79 Å². The van der Waals surface area contributed by atoms with Gasteiger partial charge < -0.3 is 4.74 Å². The molecule has 0 unspecified atom stereocenters. The number of amides is 4. The Morgan fingerprint density at radius 1 is 1.21 bits per heavy atom. The molecule has 2 aliphatic rings. The summed E-state index contributed by atoms with van der Waals surface area (Å²) in [6.07, 6.45) is 3.82. The van der Waals surface area contributed by atoms with E-state index in [9.17, 15) is 14.4 Å². The highest BCUT2D eigenvalue weighted by molar-refractivity contribution is 6.19. The van der Waals surface area contributed by atoms with Gasteiger partial charge in [0.25, 0.3) is 0 Å². The Labute approximate surface area is 112 Å². The van der Waals surface area contributed by atoms with Crippen LogP contribution in [0.5, 0.6) is 0 Å². The first-order valence-corrected chi connectivity index (χ1v) is 6.87. The smallest absolute Gasteiger partial charge is 0.330 e. The van der Waals surface area contributed by atoms with Gasteiger partial charge in [-0.1, -0.05) is 19.3 Å². The van der Waals surface area contributed by atoms with Crippen LogP contribution in [-0.4, -0.2) is 42.5 Å². The van der Waals surface area contributed by atoms with Gasteiger partial charge in [-0.25, -0.2) is 4.79 Å². The number of hydrogen-bond acceptors (Lipinski definition) is 4. The van der Waals surface area contributed by atoms with Crippen molar-refractivity contribution < 1.29 is 19.1 Å². The molecule has 0 aromatic rings. The highest BCUT2D eigenvalue weighted by atomic mass is 16.5. The molecule has 1 saturated heterocycles. The molecule has 6 nitrogen and oxygen atoms in total. The zero-order chi connectivity index (χ0) is 13.9. The molecule has 2 fully saturated rings. The number of imide groups is 2. The predicted octanol–water partition coefficient (Wildman–Crippen LogP) is 1.05. The normalized spacial score (nSPS) is 22.8. The van der Waals surface area contributed by atoms with Crippen LogP contribution >= 0.6 is 0 Å². The van der Waals surface area contributed by atoms with Crippen molar-refractivity contribution in [1.29, 1.82) is 0 Å². The summed E-state index contributed by atoms with van der Waals surface area (Å²) in [5.41, 5.74) is -1.02. The van der Waals surface area contributed by atoms with Crippen LogP contribution in [0, 0.1) is 5.41 Å². The number of carbonyl (C=O) groups excluding carboxylic acids is 3. The lowest BCUT2D eigenvalue weighted by Gasteiger charge is -2.41. The van der Waals surface area contributed by atoms with Gasteiger partial charge in [0, 0.05) is 6.61 Å². The average molecular weight is 268 g/mol. The fourth-order valence-corrected chi connectivity index (χ4v) is 2.83. The van der Waals surface area contributed by atoms with E-state index >= 15 is 0 Å². The van der Waals surface area contributed by atoms with E-state index in [4.69, 9.17) is 4.74 Å². The van der Waals surface area contributed by atoms with E-state index in [-0.39, 0.29) is 12.5 Å². The second kappa shape index (κ2) is 5.69. The summed E-state index contributed by atoms with van der Waals surface area (Å²) in [6, 6.07) is -0.620. The molecule has 1 heterocycles. The van der Waals surface area contributed by atoms with Crippen LogP contribution in [0.15, 0.2) is 0 Å². The summed E-state index contributed by atoms with van der Waals surface area (Å²) in [7, 11) is 0. The summed E-state index contributed by atoms with van der Waals surface area (Å²) >= 11 is 0. The maximum absolute atomic E-state index is 12.5. The Morgan fingerprint density at radius 2 is 1.89 bits per heavy atom. The van der Waals surface area contributed by atoms with E-state index in [1.165, 1.54) is 0 Å². The average Bonchev–Trinajstić information content (AvgIpc) is 2.42. The third kappa shape index (κ3) is 2.49. The van der Waals surface area contributed by atoms with Gasteiger partial charge in [0.15, 0.2) is 0 Å². The number of ether oxygens (including phenoxy) is 1. The summed E-state index contributed by atoms with van der Waals surface area (Å²) in [4.78, 5) is 37.4. The number of nitrogens with zero attached hydrogens (tertiary/aromatic N) is 1. The number of rotatable bonds is 4. The highest BCUT2D eigenvalue weighted by Crippen LogP contribution is 2.39. The molecular formula is C13H20N2O4. The summed E-state index contributed by atoms with van der Waals surface area (Å²) < 4.78 is 5.18. The van der Waals surface area contributed by atoms with Gasteiger partial charge in [0.2, 0.25) is 11.8 Å². The van der Waals surface area contributed by atoms with Crippen molar-refractivity contribution in [3.05, 3.63) is 0 Å².